The molecule has 5 nitrogen and oxygen atoms in total. The maximum Gasteiger partial charge on any atom is 0.215 e. The van der Waals surface area contributed by atoms with E-state index in [0.717, 1.165) is 6.42 Å². The molecule has 1 unspecified atom stereocenters. The van der Waals surface area contributed by atoms with Crippen molar-refractivity contribution in [2.45, 2.75) is 32.2 Å². The van der Waals surface area contributed by atoms with E-state index >= 15 is 0 Å². The van der Waals surface area contributed by atoms with Crippen LogP contribution in [-0.2, 0) is 9.47 Å². The van der Waals surface area contributed by atoms with E-state index in [1.54, 1.807) is 18.3 Å². The maximum atomic E-state index is 5.66. The fraction of sp³-hybridized carbons (Fsp3) is 0.583. The molecular formula is C12H18N2O3. The lowest BCUT2D eigenvalue weighted by atomic mass is 10.3. The molecule has 2 rings (SSSR count). The molecule has 2 N–H and O–H groups in total. The van der Waals surface area contributed by atoms with E-state index in [2.05, 4.69) is 4.98 Å². The van der Waals surface area contributed by atoms with Gasteiger partial charge in [-0.25, -0.2) is 4.98 Å². The van der Waals surface area contributed by atoms with Crippen molar-refractivity contribution in [3.05, 3.63) is 18.3 Å². The minimum atomic E-state index is -0.472. The topological polar surface area (TPSA) is 66.6 Å². The number of rotatable bonds is 4. The SMILES string of the molecule is CC1(C)OCC(CCOc2cc(N)ccn2)O1. The zero-order chi connectivity index (χ0) is 12.3. The highest BCUT2D eigenvalue weighted by Gasteiger charge is 2.32. The largest absolute Gasteiger partial charge is 0.478 e. The zero-order valence-electron chi connectivity index (χ0n) is 10.2. The van der Waals surface area contributed by atoms with Gasteiger partial charge in [-0.2, -0.15) is 0 Å². The molecule has 2 heterocycles. The molecule has 1 atom stereocenters. The van der Waals surface area contributed by atoms with Crippen LogP contribution in [0.2, 0.25) is 0 Å². The number of nitrogen functional groups attached to an aromatic ring is 1. The number of nitrogens with zero attached hydrogens (tertiary/aromatic N) is 1. The molecule has 1 fully saturated rings. The summed E-state index contributed by atoms with van der Waals surface area (Å²) in [5.41, 5.74) is 6.27. The second-order valence-corrected chi connectivity index (χ2v) is 4.52. The van der Waals surface area contributed by atoms with Crippen molar-refractivity contribution in [2.24, 2.45) is 0 Å². The summed E-state index contributed by atoms with van der Waals surface area (Å²) < 4.78 is 16.6. The molecule has 1 saturated heterocycles. The fourth-order valence-electron chi connectivity index (χ4n) is 1.70. The van der Waals surface area contributed by atoms with E-state index in [9.17, 15) is 0 Å². The first-order valence-electron chi connectivity index (χ1n) is 5.71. The highest BCUT2D eigenvalue weighted by molar-refractivity contribution is 5.39. The highest BCUT2D eigenvalue weighted by atomic mass is 16.7. The average molecular weight is 238 g/mol. The van der Waals surface area contributed by atoms with E-state index < -0.39 is 5.79 Å². The molecule has 0 aromatic carbocycles. The summed E-state index contributed by atoms with van der Waals surface area (Å²) in [5, 5.41) is 0. The summed E-state index contributed by atoms with van der Waals surface area (Å²) in [5.74, 6) is 0.0725. The Hall–Kier alpha value is -1.33. The lowest BCUT2D eigenvalue weighted by Gasteiger charge is -2.17. The van der Waals surface area contributed by atoms with Crippen LogP contribution in [0.25, 0.3) is 0 Å². The third-order valence-electron chi connectivity index (χ3n) is 2.52. The number of nitrogens with two attached hydrogens (primary N) is 1. The number of hydrogen-bond donors (Lipinski definition) is 1. The van der Waals surface area contributed by atoms with Gasteiger partial charge in [0.25, 0.3) is 0 Å². The Morgan fingerprint density at radius 3 is 3.06 bits per heavy atom. The Labute approximate surface area is 101 Å². The molecule has 0 spiro atoms. The van der Waals surface area contributed by atoms with E-state index in [-0.39, 0.29) is 6.10 Å². The Morgan fingerprint density at radius 2 is 2.41 bits per heavy atom. The van der Waals surface area contributed by atoms with E-state index in [4.69, 9.17) is 19.9 Å². The third kappa shape index (κ3) is 3.57. The molecule has 17 heavy (non-hydrogen) atoms. The summed E-state index contributed by atoms with van der Waals surface area (Å²) >= 11 is 0. The lowest BCUT2D eigenvalue weighted by Crippen LogP contribution is -2.22. The normalized spacial score (nSPS) is 22.6. The van der Waals surface area contributed by atoms with E-state index in [0.29, 0.717) is 24.8 Å². The molecule has 94 valence electrons. The van der Waals surface area contributed by atoms with Gasteiger partial charge in [0.1, 0.15) is 0 Å². The first kappa shape index (κ1) is 12.1. The first-order valence-corrected chi connectivity index (χ1v) is 5.71. The predicted octanol–water partition coefficient (Wildman–Crippen LogP) is 1.58. The first-order chi connectivity index (χ1) is 8.05. The fourth-order valence-corrected chi connectivity index (χ4v) is 1.70. The molecular weight excluding hydrogens is 220 g/mol. The highest BCUT2D eigenvalue weighted by Crippen LogP contribution is 2.24. The minimum absolute atomic E-state index is 0.0889. The average Bonchev–Trinajstić information content (AvgIpc) is 2.58. The standard InChI is InChI=1S/C12H18N2O3/c1-12(2)16-8-10(17-12)4-6-15-11-7-9(13)3-5-14-11/h3,5,7,10H,4,6,8H2,1-2H3,(H2,13,14). The number of anilines is 1. The Morgan fingerprint density at radius 1 is 1.59 bits per heavy atom. The van der Waals surface area contributed by atoms with Crippen molar-refractivity contribution in [1.29, 1.82) is 0 Å². The van der Waals surface area contributed by atoms with Crippen LogP contribution in [0, 0.1) is 0 Å². The van der Waals surface area contributed by atoms with Crippen molar-refractivity contribution < 1.29 is 14.2 Å². The van der Waals surface area contributed by atoms with Crippen molar-refractivity contribution in [3.8, 4) is 5.88 Å². The molecule has 5 heteroatoms. The third-order valence-corrected chi connectivity index (χ3v) is 2.52. The zero-order valence-corrected chi connectivity index (χ0v) is 10.2. The maximum absolute atomic E-state index is 5.66. The van der Waals surface area contributed by atoms with Crippen LogP contribution in [0.15, 0.2) is 18.3 Å². The Kier molecular flexibility index (Phi) is 3.49. The minimum Gasteiger partial charge on any atom is -0.478 e. The van der Waals surface area contributed by atoms with Gasteiger partial charge in [-0.3, -0.25) is 0 Å². The van der Waals surface area contributed by atoms with Crippen molar-refractivity contribution in [1.82, 2.24) is 4.98 Å². The van der Waals surface area contributed by atoms with Gasteiger partial charge in [-0.15, -0.1) is 0 Å². The molecule has 0 bridgehead atoms. The lowest BCUT2D eigenvalue weighted by molar-refractivity contribution is -0.139. The molecule has 1 aromatic rings. The molecule has 1 aliphatic rings. The van der Waals surface area contributed by atoms with Crippen LogP contribution >= 0.6 is 0 Å². The van der Waals surface area contributed by atoms with Gasteiger partial charge in [0.05, 0.1) is 19.3 Å². The summed E-state index contributed by atoms with van der Waals surface area (Å²) in [6.07, 6.45) is 2.49. The predicted molar refractivity (Wildman–Crippen MR) is 63.7 cm³/mol. The second kappa shape index (κ2) is 4.89. The molecule has 0 radical (unpaired) electrons. The van der Waals surface area contributed by atoms with Gasteiger partial charge >= 0.3 is 0 Å². The van der Waals surface area contributed by atoms with Gasteiger partial charge in [0.2, 0.25) is 5.88 Å². The molecule has 0 amide bonds. The number of ether oxygens (including phenoxy) is 3. The molecule has 0 saturated carbocycles. The molecule has 1 aromatic heterocycles. The van der Waals surface area contributed by atoms with Crippen molar-refractivity contribution in [3.63, 3.8) is 0 Å². The summed E-state index contributed by atoms with van der Waals surface area (Å²) in [6.45, 7) is 4.97. The van der Waals surface area contributed by atoms with Gasteiger partial charge in [0, 0.05) is 24.4 Å². The van der Waals surface area contributed by atoms with Gasteiger partial charge < -0.3 is 19.9 Å². The number of pyridine rings is 1. The second-order valence-electron chi connectivity index (χ2n) is 4.52. The summed E-state index contributed by atoms with van der Waals surface area (Å²) in [6, 6.07) is 3.43. The summed E-state index contributed by atoms with van der Waals surface area (Å²) in [4.78, 5) is 4.06. The van der Waals surface area contributed by atoms with E-state index in [1.165, 1.54) is 0 Å². The Bertz CT molecular complexity index is 382. The van der Waals surface area contributed by atoms with Crippen LogP contribution < -0.4 is 10.5 Å². The number of aromatic nitrogens is 1. The van der Waals surface area contributed by atoms with Gasteiger partial charge in [0.15, 0.2) is 5.79 Å². The van der Waals surface area contributed by atoms with Crippen LogP contribution in [-0.4, -0.2) is 30.1 Å². The Balaban J connectivity index is 1.73. The van der Waals surface area contributed by atoms with Crippen LogP contribution in [0.3, 0.4) is 0 Å². The number of hydrogen-bond acceptors (Lipinski definition) is 5. The van der Waals surface area contributed by atoms with E-state index in [1.807, 2.05) is 13.8 Å². The van der Waals surface area contributed by atoms with Crippen LogP contribution in [0.5, 0.6) is 5.88 Å². The van der Waals surface area contributed by atoms with Crippen molar-refractivity contribution >= 4 is 5.69 Å². The van der Waals surface area contributed by atoms with Crippen LogP contribution in [0.4, 0.5) is 5.69 Å². The van der Waals surface area contributed by atoms with Crippen LogP contribution in [0.1, 0.15) is 20.3 Å². The monoisotopic (exact) mass is 238 g/mol. The smallest absolute Gasteiger partial charge is 0.215 e. The summed E-state index contributed by atoms with van der Waals surface area (Å²) in [7, 11) is 0. The van der Waals surface area contributed by atoms with Crippen molar-refractivity contribution in [2.75, 3.05) is 18.9 Å². The van der Waals surface area contributed by atoms with Gasteiger partial charge in [-0.05, 0) is 19.9 Å². The van der Waals surface area contributed by atoms with Gasteiger partial charge in [-0.1, -0.05) is 0 Å². The molecule has 0 aliphatic carbocycles. The molecule has 1 aliphatic heterocycles. The quantitative estimate of drug-likeness (QED) is 0.862.